The van der Waals surface area contributed by atoms with Gasteiger partial charge in [-0.1, -0.05) is 0 Å². The van der Waals surface area contributed by atoms with Crippen LogP contribution in [-0.2, 0) is 13.7 Å². The number of aliphatic hydroxyl groups excluding tert-OH is 1. The van der Waals surface area contributed by atoms with Crippen molar-refractivity contribution in [3.8, 4) is 5.75 Å². The van der Waals surface area contributed by atoms with Crippen LogP contribution in [0.2, 0.25) is 0 Å². The minimum Gasteiger partial charge on any atom is -0.488 e. The van der Waals surface area contributed by atoms with Crippen molar-refractivity contribution < 1.29 is 14.6 Å². The van der Waals surface area contributed by atoms with Crippen LogP contribution >= 0.6 is 11.3 Å². The first-order valence-electron chi connectivity index (χ1n) is 9.43. The molecule has 1 fully saturated rings. The van der Waals surface area contributed by atoms with E-state index in [-0.39, 0.29) is 18.1 Å². The fourth-order valence-electron chi connectivity index (χ4n) is 3.71. The molecule has 1 aliphatic carbocycles. The molecule has 2 N–H and O–H groups in total. The summed E-state index contributed by atoms with van der Waals surface area (Å²) in [5, 5.41) is 17.7. The Hall–Kier alpha value is -2.45. The van der Waals surface area contributed by atoms with Gasteiger partial charge in [0, 0.05) is 24.6 Å². The number of amides is 1. The Bertz CT molecular complexity index is 1010. The van der Waals surface area contributed by atoms with Gasteiger partial charge in [0.1, 0.15) is 18.1 Å². The predicted molar refractivity (Wildman–Crippen MR) is 108 cm³/mol. The van der Waals surface area contributed by atoms with Gasteiger partial charge in [0.2, 0.25) is 0 Å². The SMILES string of the molecule is Cc1ncsc1COc1ccc2nn(C)c(C(=O)NC3(CCO)CCC3)c2c1. The molecular formula is C20H24N4O3S. The van der Waals surface area contributed by atoms with Crippen molar-refractivity contribution >= 4 is 28.1 Å². The van der Waals surface area contributed by atoms with Crippen LogP contribution in [0.1, 0.15) is 46.7 Å². The molecule has 3 aromatic rings. The van der Waals surface area contributed by atoms with Crippen LogP contribution in [0.25, 0.3) is 10.9 Å². The molecule has 0 bridgehead atoms. The molecule has 2 heterocycles. The molecule has 1 amide bonds. The monoisotopic (exact) mass is 400 g/mol. The lowest BCUT2D eigenvalue weighted by atomic mass is 9.74. The average molecular weight is 401 g/mol. The highest BCUT2D eigenvalue weighted by atomic mass is 32.1. The van der Waals surface area contributed by atoms with Gasteiger partial charge in [-0.2, -0.15) is 5.10 Å². The first-order valence-corrected chi connectivity index (χ1v) is 10.3. The highest BCUT2D eigenvalue weighted by molar-refractivity contribution is 7.09. The lowest BCUT2D eigenvalue weighted by Crippen LogP contribution is -2.54. The van der Waals surface area contributed by atoms with Gasteiger partial charge in [-0.15, -0.1) is 11.3 Å². The van der Waals surface area contributed by atoms with Crippen molar-refractivity contribution in [3.05, 3.63) is 40.0 Å². The normalized spacial score (nSPS) is 15.4. The maximum atomic E-state index is 13.0. The Morgan fingerprint density at radius 1 is 1.43 bits per heavy atom. The van der Waals surface area contributed by atoms with Crippen molar-refractivity contribution in [3.63, 3.8) is 0 Å². The summed E-state index contributed by atoms with van der Waals surface area (Å²) < 4.78 is 7.54. The predicted octanol–water partition coefficient (Wildman–Crippen LogP) is 2.95. The topological polar surface area (TPSA) is 89.3 Å². The lowest BCUT2D eigenvalue weighted by molar-refractivity contribution is 0.0764. The fourth-order valence-corrected chi connectivity index (χ4v) is 4.39. The third-order valence-corrected chi connectivity index (χ3v) is 6.42. The number of aryl methyl sites for hydroxylation is 2. The van der Waals surface area contributed by atoms with E-state index in [1.165, 1.54) is 0 Å². The smallest absolute Gasteiger partial charge is 0.270 e. The van der Waals surface area contributed by atoms with Crippen molar-refractivity contribution in [2.24, 2.45) is 7.05 Å². The highest BCUT2D eigenvalue weighted by Crippen LogP contribution is 2.35. The number of benzene rings is 1. The van der Waals surface area contributed by atoms with E-state index < -0.39 is 0 Å². The van der Waals surface area contributed by atoms with Crippen LogP contribution in [0.15, 0.2) is 23.7 Å². The van der Waals surface area contributed by atoms with Gasteiger partial charge in [0.05, 0.1) is 21.6 Å². The lowest BCUT2D eigenvalue weighted by Gasteiger charge is -2.42. The summed E-state index contributed by atoms with van der Waals surface area (Å²) >= 11 is 1.57. The summed E-state index contributed by atoms with van der Waals surface area (Å²) in [6.07, 6.45) is 3.45. The average Bonchev–Trinajstić information content (AvgIpc) is 3.19. The fraction of sp³-hybridized carbons (Fsp3) is 0.450. The van der Waals surface area contributed by atoms with Crippen molar-refractivity contribution in [1.82, 2.24) is 20.1 Å². The van der Waals surface area contributed by atoms with Gasteiger partial charge in [-0.3, -0.25) is 9.48 Å². The molecule has 0 unspecified atom stereocenters. The van der Waals surface area contributed by atoms with Gasteiger partial charge in [0.25, 0.3) is 5.91 Å². The number of carbonyl (C=O) groups is 1. The second-order valence-electron chi connectivity index (χ2n) is 7.36. The van der Waals surface area contributed by atoms with Crippen molar-refractivity contribution in [2.45, 2.75) is 44.8 Å². The second kappa shape index (κ2) is 7.52. The van der Waals surface area contributed by atoms with Crippen LogP contribution in [0, 0.1) is 6.92 Å². The summed E-state index contributed by atoms with van der Waals surface area (Å²) in [5.74, 6) is 0.532. The van der Waals surface area contributed by atoms with Crippen LogP contribution < -0.4 is 10.1 Å². The Kier molecular flexibility index (Phi) is 5.07. The van der Waals surface area contributed by atoms with E-state index in [1.807, 2.05) is 30.6 Å². The summed E-state index contributed by atoms with van der Waals surface area (Å²) in [7, 11) is 1.77. The molecule has 7 nitrogen and oxygen atoms in total. The zero-order valence-corrected chi connectivity index (χ0v) is 16.9. The molecule has 1 aromatic carbocycles. The number of aromatic nitrogens is 3. The molecular weight excluding hydrogens is 376 g/mol. The number of carbonyl (C=O) groups excluding carboxylic acids is 1. The molecule has 2 aromatic heterocycles. The highest BCUT2D eigenvalue weighted by Gasteiger charge is 2.38. The van der Waals surface area contributed by atoms with Crippen LogP contribution in [-0.4, -0.2) is 37.9 Å². The molecule has 0 atom stereocenters. The molecule has 0 saturated heterocycles. The standard InChI is InChI=1S/C20H24N4O3S/c1-13-17(28-12-21-13)11-27-14-4-5-16-15(10-14)18(24(2)23-16)19(26)22-20(8-9-25)6-3-7-20/h4-5,10,12,25H,3,6-9,11H2,1-2H3,(H,22,26). The number of thiazole rings is 1. The number of hydrogen-bond acceptors (Lipinski definition) is 6. The summed E-state index contributed by atoms with van der Waals surface area (Å²) in [6, 6.07) is 5.60. The Morgan fingerprint density at radius 2 is 2.25 bits per heavy atom. The number of hydrogen-bond donors (Lipinski definition) is 2. The molecule has 8 heteroatoms. The minimum atomic E-state index is -0.291. The Morgan fingerprint density at radius 3 is 2.89 bits per heavy atom. The van der Waals surface area contributed by atoms with E-state index in [4.69, 9.17) is 4.74 Å². The van der Waals surface area contributed by atoms with E-state index in [0.29, 0.717) is 24.5 Å². The molecule has 0 radical (unpaired) electrons. The van der Waals surface area contributed by atoms with Crippen molar-refractivity contribution in [1.29, 1.82) is 0 Å². The van der Waals surface area contributed by atoms with E-state index in [0.717, 1.165) is 40.7 Å². The molecule has 28 heavy (non-hydrogen) atoms. The third-order valence-electron chi connectivity index (χ3n) is 5.51. The van der Waals surface area contributed by atoms with Gasteiger partial charge in [0.15, 0.2) is 0 Å². The van der Waals surface area contributed by atoms with Crippen molar-refractivity contribution in [2.75, 3.05) is 6.61 Å². The number of fused-ring (bicyclic) bond motifs is 1. The maximum absolute atomic E-state index is 13.0. The molecule has 148 valence electrons. The Labute approximate surface area is 167 Å². The Balaban J connectivity index is 1.58. The zero-order chi connectivity index (χ0) is 19.7. The van der Waals surface area contributed by atoms with Gasteiger partial charge < -0.3 is 15.2 Å². The first-order chi connectivity index (χ1) is 13.5. The molecule has 0 spiro atoms. The molecule has 1 aliphatic rings. The number of nitrogens with one attached hydrogen (secondary N) is 1. The summed E-state index contributed by atoms with van der Waals surface area (Å²) in [5.41, 5.74) is 3.75. The number of nitrogens with zero attached hydrogens (tertiary/aromatic N) is 3. The third kappa shape index (κ3) is 3.49. The number of rotatable bonds is 7. The summed E-state index contributed by atoms with van der Waals surface area (Å²) in [6.45, 7) is 2.48. The van der Waals surface area contributed by atoms with Crippen LogP contribution in [0.4, 0.5) is 0 Å². The molecule has 4 rings (SSSR count). The summed E-state index contributed by atoms with van der Waals surface area (Å²) in [4.78, 5) is 18.3. The quantitative estimate of drug-likeness (QED) is 0.636. The van der Waals surface area contributed by atoms with Gasteiger partial charge in [-0.05, 0) is 50.8 Å². The molecule has 1 saturated carbocycles. The van der Waals surface area contributed by atoms with Gasteiger partial charge >= 0.3 is 0 Å². The number of aliphatic hydroxyl groups is 1. The van der Waals surface area contributed by atoms with Gasteiger partial charge in [-0.25, -0.2) is 4.98 Å². The van der Waals surface area contributed by atoms with E-state index >= 15 is 0 Å². The number of ether oxygens (including phenoxy) is 1. The maximum Gasteiger partial charge on any atom is 0.270 e. The largest absolute Gasteiger partial charge is 0.488 e. The van der Waals surface area contributed by atoms with E-state index in [1.54, 1.807) is 23.1 Å². The zero-order valence-electron chi connectivity index (χ0n) is 16.1. The van der Waals surface area contributed by atoms with E-state index in [9.17, 15) is 9.90 Å². The first kappa shape index (κ1) is 18.9. The van der Waals surface area contributed by atoms with E-state index in [2.05, 4.69) is 15.4 Å². The van der Waals surface area contributed by atoms with Crippen LogP contribution in [0.3, 0.4) is 0 Å². The second-order valence-corrected chi connectivity index (χ2v) is 8.30. The minimum absolute atomic E-state index is 0.0708. The van der Waals surface area contributed by atoms with Crippen LogP contribution in [0.5, 0.6) is 5.75 Å². The molecule has 0 aliphatic heterocycles.